The van der Waals surface area contributed by atoms with Crippen LogP contribution in [-0.2, 0) is 0 Å². The van der Waals surface area contributed by atoms with Crippen molar-refractivity contribution >= 4 is 5.69 Å². The van der Waals surface area contributed by atoms with Gasteiger partial charge in [-0.3, -0.25) is 4.90 Å². The van der Waals surface area contributed by atoms with Gasteiger partial charge in [0, 0.05) is 44.5 Å². The fourth-order valence-corrected chi connectivity index (χ4v) is 3.45. The van der Waals surface area contributed by atoms with E-state index in [2.05, 4.69) is 40.1 Å². The molecule has 2 fully saturated rings. The third kappa shape index (κ3) is 3.10. The van der Waals surface area contributed by atoms with Gasteiger partial charge in [-0.05, 0) is 30.9 Å². The standard InChI is InChI=1S/C16H25N3/c17-16-8-4-5-14(16)13-18-9-11-19(12-10-18)15-6-2-1-3-7-15/h1-3,6-7,14,16H,4-5,8-13,17H2. The lowest BCUT2D eigenvalue weighted by molar-refractivity contribution is 0.212. The molecule has 1 heterocycles. The molecule has 2 atom stereocenters. The van der Waals surface area contributed by atoms with Crippen molar-refractivity contribution in [3.8, 4) is 0 Å². The molecule has 104 valence electrons. The minimum absolute atomic E-state index is 0.451. The molecule has 19 heavy (non-hydrogen) atoms. The zero-order chi connectivity index (χ0) is 13.1. The van der Waals surface area contributed by atoms with E-state index < -0.39 is 0 Å². The second-order valence-electron chi connectivity index (χ2n) is 5.98. The van der Waals surface area contributed by atoms with Gasteiger partial charge in [0.05, 0.1) is 0 Å². The first-order valence-corrected chi connectivity index (χ1v) is 7.61. The molecule has 2 aliphatic rings. The summed E-state index contributed by atoms with van der Waals surface area (Å²) in [4.78, 5) is 5.10. The Morgan fingerprint density at radius 2 is 1.74 bits per heavy atom. The number of anilines is 1. The molecule has 1 aromatic carbocycles. The van der Waals surface area contributed by atoms with Gasteiger partial charge >= 0.3 is 0 Å². The fourth-order valence-electron chi connectivity index (χ4n) is 3.45. The van der Waals surface area contributed by atoms with Gasteiger partial charge in [-0.2, -0.15) is 0 Å². The van der Waals surface area contributed by atoms with E-state index in [9.17, 15) is 0 Å². The predicted octanol–water partition coefficient (Wildman–Crippen LogP) is 1.94. The highest BCUT2D eigenvalue weighted by molar-refractivity contribution is 5.46. The number of hydrogen-bond acceptors (Lipinski definition) is 3. The average molecular weight is 259 g/mol. The minimum atomic E-state index is 0.451. The van der Waals surface area contributed by atoms with Crippen LogP contribution in [0.1, 0.15) is 19.3 Å². The SMILES string of the molecule is NC1CCCC1CN1CCN(c2ccccc2)CC1. The molecule has 0 amide bonds. The van der Waals surface area contributed by atoms with Crippen LogP contribution in [-0.4, -0.2) is 43.7 Å². The summed E-state index contributed by atoms with van der Waals surface area (Å²) in [5.41, 5.74) is 7.54. The first kappa shape index (κ1) is 12.9. The highest BCUT2D eigenvalue weighted by Gasteiger charge is 2.27. The quantitative estimate of drug-likeness (QED) is 0.900. The maximum Gasteiger partial charge on any atom is 0.0367 e. The van der Waals surface area contributed by atoms with Gasteiger partial charge in [0.25, 0.3) is 0 Å². The van der Waals surface area contributed by atoms with Crippen LogP contribution in [0.5, 0.6) is 0 Å². The lowest BCUT2D eigenvalue weighted by atomic mass is 10.0. The minimum Gasteiger partial charge on any atom is -0.369 e. The summed E-state index contributed by atoms with van der Waals surface area (Å²) in [6, 6.07) is 11.2. The number of rotatable bonds is 3. The molecule has 2 N–H and O–H groups in total. The predicted molar refractivity (Wildman–Crippen MR) is 80.4 cm³/mol. The molecule has 1 aliphatic carbocycles. The normalized spacial score (nSPS) is 28.8. The van der Waals surface area contributed by atoms with Gasteiger partial charge in [-0.25, -0.2) is 0 Å². The van der Waals surface area contributed by atoms with Crippen molar-refractivity contribution in [2.45, 2.75) is 25.3 Å². The van der Waals surface area contributed by atoms with Gasteiger partial charge in [0.2, 0.25) is 0 Å². The smallest absolute Gasteiger partial charge is 0.0367 e. The molecule has 0 spiro atoms. The number of piperazine rings is 1. The van der Waals surface area contributed by atoms with Crippen LogP contribution in [0.4, 0.5) is 5.69 Å². The maximum absolute atomic E-state index is 6.18. The van der Waals surface area contributed by atoms with Gasteiger partial charge in [0.15, 0.2) is 0 Å². The largest absolute Gasteiger partial charge is 0.369 e. The Labute approximate surface area is 116 Å². The van der Waals surface area contributed by atoms with Gasteiger partial charge < -0.3 is 10.6 Å². The molecule has 0 radical (unpaired) electrons. The van der Waals surface area contributed by atoms with Gasteiger partial charge in [0.1, 0.15) is 0 Å². The van der Waals surface area contributed by atoms with Crippen molar-refractivity contribution in [1.29, 1.82) is 0 Å². The van der Waals surface area contributed by atoms with Gasteiger partial charge in [-0.1, -0.05) is 24.6 Å². The lowest BCUT2D eigenvalue weighted by Gasteiger charge is -2.37. The number of nitrogens with zero attached hydrogens (tertiary/aromatic N) is 2. The molecule has 0 bridgehead atoms. The summed E-state index contributed by atoms with van der Waals surface area (Å²) in [7, 11) is 0. The number of benzene rings is 1. The fraction of sp³-hybridized carbons (Fsp3) is 0.625. The van der Waals surface area contributed by atoms with Crippen LogP contribution in [0.3, 0.4) is 0 Å². The lowest BCUT2D eigenvalue weighted by Crippen LogP contribution is -2.49. The van der Waals surface area contributed by atoms with Crippen molar-refractivity contribution in [2.75, 3.05) is 37.6 Å². The first-order valence-electron chi connectivity index (χ1n) is 7.61. The third-order valence-electron chi connectivity index (χ3n) is 4.70. The molecular weight excluding hydrogens is 234 g/mol. The van der Waals surface area contributed by atoms with Crippen LogP contribution >= 0.6 is 0 Å². The summed E-state index contributed by atoms with van der Waals surface area (Å²) in [5.74, 6) is 0.739. The Hall–Kier alpha value is -1.06. The zero-order valence-electron chi connectivity index (χ0n) is 11.7. The second-order valence-corrected chi connectivity index (χ2v) is 5.98. The summed E-state index contributed by atoms with van der Waals surface area (Å²) >= 11 is 0. The first-order chi connectivity index (χ1) is 9.33. The maximum atomic E-state index is 6.18. The highest BCUT2D eigenvalue weighted by atomic mass is 15.3. The zero-order valence-corrected chi connectivity index (χ0v) is 11.7. The van der Waals surface area contributed by atoms with Crippen molar-refractivity contribution in [1.82, 2.24) is 4.90 Å². The molecular formula is C16H25N3. The Bertz CT molecular complexity index is 384. The van der Waals surface area contributed by atoms with E-state index in [1.807, 2.05) is 0 Å². The number of para-hydroxylation sites is 1. The van der Waals surface area contributed by atoms with E-state index in [0.717, 1.165) is 19.0 Å². The van der Waals surface area contributed by atoms with E-state index in [1.165, 1.54) is 44.6 Å². The Kier molecular flexibility index (Phi) is 4.04. The van der Waals surface area contributed by atoms with Crippen molar-refractivity contribution in [3.05, 3.63) is 30.3 Å². The van der Waals surface area contributed by atoms with Crippen LogP contribution in [0.15, 0.2) is 30.3 Å². The molecule has 3 heteroatoms. The molecule has 3 rings (SSSR count). The Morgan fingerprint density at radius 3 is 2.37 bits per heavy atom. The van der Waals surface area contributed by atoms with E-state index >= 15 is 0 Å². The monoisotopic (exact) mass is 259 g/mol. The molecule has 1 aromatic rings. The van der Waals surface area contributed by atoms with Crippen LogP contribution < -0.4 is 10.6 Å². The molecule has 2 unspecified atom stereocenters. The molecule has 0 aromatic heterocycles. The second kappa shape index (κ2) is 5.93. The van der Waals surface area contributed by atoms with E-state index in [1.54, 1.807) is 0 Å². The summed E-state index contributed by atoms with van der Waals surface area (Å²) < 4.78 is 0. The van der Waals surface area contributed by atoms with E-state index in [4.69, 9.17) is 5.73 Å². The van der Waals surface area contributed by atoms with Crippen molar-refractivity contribution < 1.29 is 0 Å². The number of hydrogen-bond donors (Lipinski definition) is 1. The summed E-state index contributed by atoms with van der Waals surface area (Å²) in [5, 5.41) is 0. The topological polar surface area (TPSA) is 32.5 Å². The van der Waals surface area contributed by atoms with E-state index in [-0.39, 0.29) is 0 Å². The average Bonchev–Trinajstić information content (AvgIpc) is 2.86. The molecule has 1 aliphatic heterocycles. The van der Waals surface area contributed by atoms with Gasteiger partial charge in [-0.15, -0.1) is 0 Å². The Morgan fingerprint density at radius 1 is 1.00 bits per heavy atom. The number of nitrogens with two attached hydrogens (primary N) is 1. The molecule has 3 nitrogen and oxygen atoms in total. The summed E-state index contributed by atoms with van der Waals surface area (Å²) in [6.07, 6.45) is 3.89. The van der Waals surface area contributed by atoms with Crippen molar-refractivity contribution in [2.24, 2.45) is 11.7 Å². The Balaban J connectivity index is 1.49. The van der Waals surface area contributed by atoms with Crippen LogP contribution in [0.2, 0.25) is 0 Å². The van der Waals surface area contributed by atoms with Crippen molar-refractivity contribution in [3.63, 3.8) is 0 Å². The van der Waals surface area contributed by atoms with E-state index in [0.29, 0.717) is 6.04 Å². The molecule has 1 saturated carbocycles. The molecule has 1 saturated heterocycles. The van der Waals surface area contributed by atoms with Crippen LogP contribution in [0, 0.1) is 5.92 Å². The van der Waals surface area contributed by atoms with Crippen LogP contribution in [0.25, 0.3) is 0 Å². The third-order valence-corrected chi connectivity index (χ3v) is 4.70. The highest BCUT2D eigenvalue weighted by Crippen LogP contribution is 2.25. The summed E-state index contributed by atoms with van der Waals surface area (Å²) in [6.45, 7) is 5.86.